The highest BCUT2D eigenvalue weighted by atomic mass is 127. The Labute approximate surface area is 124 Å². The first-order chi connectivity index (χ1) is 8.56. The minimum atomic E-state index is -0.238. The Bertz CT molecular complexity index is 559. The minimum Gasteiger partial charge on any atom is -0.324 e. The van der Waals surface area contributed by atoms with Crippen LogP contribution in [0.15, 0.2) is 42.5 Å². The molecule has 1 atom stereocenters. The van der Waals surface area contributed by atoms with Crippen LogP contribution >= 0.6 is 34.2 Å². The minimum absolute atomic E-state index is 0.157. The number of benzene rings is 2. The third-order valence-electron chi connectivity index (χ3n) is 2.71. The molecular weight excluding hydrogens is 364 g/mol. The fourth-order valence-corrected chi connectivity index (χ4v) is 2.92. The second kappa shape index (κ2) is 5.99. The van der Waals surface area contributed by atoms with E-state index >= 15 is 0 Å². The zero-order valence-corrected chi connectivity index (χ0v) is 12.5. The number of hydrogen-bond acceptors (Lipinski definition) is 1. The van der Waals surface area contributed by atoms with Gasteiger partial charge in [-0.05, 0) is 64.4 Å². The summed E-state index contributed by atoms with van der Waals surface area (Å²) in [5, 5.41) is 0.702. The van der Waals surface area contributed by atoms with Gasteiger partial charge < -0.3 is 5.73 Å². The summed E-state index contributed by atoms with van der Waals surface area (Å²) in [5.41, 5.74) is 8.19. The van der Waals surface area contributed by atoms with Crippen LogP contribution in [-0.2, 0) is 6.42 Å². The van der Waals surface area contributed by atoms with Crippen molar-refractivity contribution in [3.8, 4) is 0 Å². The lowest BCUT2D eigenvalue weighted by Gasteiger charge is -2.14. The molecule has 1 unspecified atom stereocenters. The summed E-state index contributed by atoms with van der Waals surface area (Å²) in [5.74, 6) is -0.238. The molecule has 0 aromatic heterocycles. The molecule has 0 radical (unpaired) electrons. The number of halogens is 3. The SMILES string of the molecule is NC(Cc1cccc(Cl)c1)c1ccc(F)cc1I. The van der Waals surface area contributed by atoms with E-state index in [1.165, 1.54) is 12.1 Å². The van der Waals surface area contributed by atoms with Gasteiger partial charge in [-0.2, -0.15) is 0 Å². The van der Waals surface area contributed by atoms with Gasteiger partial charge in [0.15, 0.2) is 0 Å². The highest BCUT2D eigenvalue weighted by molar-refractivity contribution is 14.1. The lowest BCUT2D eigenvalue weighted by atomic mass is 10.00. The van der Waals surface area contributed by atoms with Crippen LogP contribution in [0.5, 0.6) is 0 Å². The molecular formula is C14H12ClFIN. The summed E-state index contributed by atoms with van der Waals surface area (Å²) in [7, 11) is 0. The van der Waals surface area contributed by atoms with Crippen LogP contribution in [-0.4, -0.2) is 0 Å². The predicted molar refractivity (Wildman–Crippen MR) is 81.2 cm³/mol. The van der Waals surface area contributed by atoms with Gasteiger partial charge >= 0.3 is 0 Å². The molecule has 4 heteroatoms. The molecule has 0 aliphatic rings. The third kappa shape index (κ3) is 3.43. The van der Waals surface area contributed by atoms with Gasteiger partial charge in [-0.1, -0.05) is 29.8 Å². The zero-order chi connectivity index (χ0) is 13.1. The summed E-state index contributed by atoms with van der Waals surface area (Å²) in [6.07, 6.45) is 0.683. The van der Waals surface area contributed by atoms with E-state index in [1.807, 2.05) is 24.3 Å². The van der Waals surface area contributed by atoms with Gasteiger partial charge in [0, 0.05) is 14.6 Å². The molecule has 0 saturated heterocycles. The standard InChI is InChI=1S/C14H12ClFIN/c15-10-3-1-2-9(6-10)7-14(18)12-5-4-11(16)8-13(12)17/h1-6,8,14H,7,18H2. The van der Waals surface area contributed by atoms with Gasteiger partial charge in [0.05, 0.1) is 0 Å². The van der Waals surface area contributed by atoms with Gasteiger partial charge in [0.1, 0.15) is 5.82 Å². The first kappa shape index (κ1) is 13.8. The van der Waals surface area contributed by atoms with Crippen molar-refractivity contribution in [1.82, 2.24) is 0 Å². The van der Waals surface area contributed by atoms with Gasteiger partial charge in [-0.3, -0.25) is 0 Å². The lowest BCUT2D eigenvalue weighted by molar-refractivity contribution is 0.622. The average molecular weight is 376 g/mol. The van der Waals surface area contributed by atoms with Crippen LogP contribution in [0.4, 0.5) is 4.39 Å². The first-order valence-electron chi connectivity index (χ1n) is 5.51. The fourth-order valence-electron chi connectivity index (χ4n) is 1.83. The molecule has 0 aliphatic heterocycles. The van der Waals surface area contributed by atoms with E-state index in [0.717, 1.165) is 14.7 Å². The molecule has 0 saturated carbocycles. The molecule has 1 nitrogen and oxygen atoms in total. The van der Waals surface area contributed by atoms with Crippen LogP contribution < -0.4 is 5.73 Å². The van der Waals surface area contributed by atoms with Crippen LogP contribution in [0, 0.1) is 9.39 Å². The second-order valence-corrected chi connectivity index (χ2v) is 5.70. The van der Waals surface area contributed by atoms with Crippen molar-refractivity contribution in [3.05, 3.63) is 68.0 Å². The summed E-state index contributed by atoms with van der Waals surface area (Å²) >= 11 is 8.04. The van der Waals surface area contributed by atoms with E-state index in [2.05, 4.69) is 22.6 Å². The predicted octanol–water partition coefficient (Wildman–Crippen LogP) is 4.33. The van der Waals surface area contributed by atoms with E-state index in [1.54, 1.807) is 6.07 Å². The zero-order valence-electron chi connectivity index (χ0n) is 9.54. The Kier molecular flexibility index (Phi) is 4.59. The molecule has 0 heterocycles. The van der Waals surface area contributed by atoms with Crippen molar-refractivity contribution in [2.45, 2.75) is 12.5 Å². The van der Waals surface area contributed by atoms with Crippen molar-refractivity contribution < 1.29 is 4.39 Å². The van der Waals surface area contributed by atoms with Crippen molar-refractivity contribution in [3.63, 3.8) is 0 Å². The Morgan fingerprint density at radius 2 is 2.00 bits per heavy atom. The van der Waals surface area contributed by atoms with Gasteiger partial charge in [-0.15, -0.1) is 0 Å². The Morgan fingerprint density at radius 1 is 1.22 bits per heavy atom. The van der Waals surface area contributed by atoms with Gasteiger partial charge in [0.25, 0.3) is 0 Å². The van der Waals surface area contributed by atoms with Crippen molar-refractivity contribution in [1.29, 1.82) is 0 Å². The molecule has 0 amide bonds. The van der Waals surface area contributed by atoms with E-state index in [0.29, 0.717) is 11.4 Å². The third-order valence-corrected chi connectivity index (χ3v) is 3.88. The molecule has 0 bridgehead atoms. The van der Waals surface area contributed by atoms with Crippen molar-refractivity contribution >= 4 is 34.2 Å². The largest absolute Gasteiger partial charge is 0.324 e. The highest BCUT2D eigenvalue weighted by Crippen LogP contribution is 2.23. The van der Waals surface area contributed by atoms with Crippen LogP contribution in [0.3, 0.4) is 0 Å². The smallest absolute Gasteiger partial charge is 0.124 e. The molecule has 94 valence electrons. The van der Waals surface area contributed by atoms with Crippen LogP contribution in [0.1, 0.15) is 17.2 Å². The van der Waals surface area contributed by atoms with E-state index in [4.69, 9.17) is 17.3 Å². The molecule has 18 heavy (non-hydrogen) atoms. The maximum Gasteiger partial charge on any atom is 0.124 e. The fraction of sp³-hybridized carbons (Fsp3) is 0.143. The number of nitrogens with two attached hydrogens (primary N) is 1. The quantitative estimate of drug-likeness (QED) is 0.794. The molecule has 2 rings (SSSR count). The number of hydrogen-bond donors (Lipinski definition) is 1. The molecule has 2 N–H and O–H groups in total. The summed E-state index contributed by atoms with van der Waals surface area (Å²) < 4.78 is 13.9. The lowest BCUT2D eigenvalue weighted by Crippen LogP contribution is -2.14. The Balaban J connectivity index is 2.19. The van der Waals surface area contributed by atoms with E-state index < -0.39 is 0 Å². The molecule has 0 spiro atoms. The maximum absolute atomic E-state index is 13.0. The van der Waals surface area contributed by atoms with Gasteiger partial charge in [-0.25, -0.2) is 4.39 Å². The molecule has 2 aromatic carbocycles. The molecule has 2 aromatic rings. The summed E-state index contributed by atoms with van der Waals surface area (Å²) in [4.78, 5) is 0. The average Bonchev–Trinajstić information content (AvgIpc) is 2.28. The highest BCUT2D eigenvalue weighted by Gasteiger charge is 2.11. The van der Waals surface area contributed by atoms with Crippen LogP contribution in [0.2, 0.25) is 5.02 Å². The monoisotopic (exact) mass is 375 g/mol. The summed E-state index contributed by atoms with van der Waals surface area (Å²) in [6.45, 7) is 0. The maximum atomic E-state index is 13.0. The number of rotatable bonds is 3. The molecule has 0 aliphatic carbocycles. The van der Waals surface area contributed by atoms with Gasteiger partial charge in [0.2, 0.25) is 0 Å². The van der Waals surface area contributed by atoms with Crippen molar-refractivity contribution in [2.24, 2.45) is 5.73 Å². The summed E-state index contributed by atoms with van der Waals surface area (Å²) in [6, 6.07) is 12.1. The normalized spacial score (nSPS) is 12.4. The van der Waals surface area contributed by atoms with E-state index in [-0.39, 0.29) is 11.9 Å². The van der Waals surface area contributed by atoms with Crippen molar-refractivity contribution in [2.75, 3.05) is 0 Å². The molecule has 0 fully saturated rings. The Morgan fingerprint density at radius 3 is 2.67 bits per heavy atom. The second-order valence-electron chi connectivity index (χ2n) is 4.11. The Hall–Kier alpha value is -0.650. The topological polar surface area (TPSA) is 26.0 Å². The van der Waals surface area contributed by atoms with E-state index in [9.17, 15) is 4.39 Å². The first-order valence-corrected chi connectivity index (χ1v) is 6.97. The van der Waals surface area contributed by atoms with Crippen LogP contribution in [0.25, 0.3) is 0 Å².